The molecule has 0 saturated heterocycles. The Labute approximate surface area is 122 Å². The Morgan fingerprint density at radius 2 is 2.00 bits per heavy atom. The molecule has 1 aromatic heterocycles. The van der Waals surface area contributed by atoms with Crippen LogP contribution in [0.15, 0.2) is 36.7 Å². The molecule has 0 aliphatic carbocycles. The highest BCUT2D eigenvalue weighted by Gasteiger charge is 2.13. The van der Waals surface area contributed by atoms with Crippen molar-refractivity contribution in [2.24, 2.45) is 0 Å². The number of ether oxygens (including phenoxy) is 1. The van der Waals surface area contributed by atoms with Gasteiger partial charge in [0.25, 0.3) is 0 Å². The van der Waals surface area contributed by atoms with Gasteiger partial charge in [0.2, 0.25) is 10.0 Å². The molecule has 21 heavy (non-hydrogen) atoms. The highest BCUT2D eigenvalue weighted by atomic mass is 32.2. The standard InChI is InChI=1S/C13H14FN3O3S/c1-2-20-13-15-7-12(8-16-13)17-21(18,19)9-10-4-3-5-11(14)6-10/h3-8,17H,2,9H2,1H3. The summed E-state index contributed by atoms with van der Waals surface area (Å²) in [6.07, 6.45) is 2.61. The summed E-state index contributed by atoms with van der Waals surface area (Å²) in [4.78, 5) is 7.71. The number of anilines is 1. The van der Waals surface area contributed by atoms with Gasteiger partial charge in [-0.2, -0.15) is 0 Å². The lowest BCUT2D eigenvalue weighted by atomic mass is 10.2. The minimum absolute atomic E-state index is 0.172. The number of rotatable bonds is 6. The second-order valence-corrected chi connectivity index (χ2v) is 5.90. The molecule has 0 aliphatic heterocycles. The number of hydrogen-bond donors (Lipinski definition) is 1. The lowest BCUT2D eigenvalue weighted by molar-refractivity contribution is 0.312. The van der Waals surface area contributed by atoms with Gasteiger partial charge < -0.3 is 4.74 Å². The van der Waals surface area contributed by atoms with Crippen LogP contribution in [-0.4, -0.2) is 25.0 Å². The van der Waals surface area contributed by atoms with E-state index >= 15 is 0 Å². The first-order chi connectivity index (χ1) is 9.98. The lowest BCUT2D eigenvalue weighted by Gasteiger charge is -2.08. The molecule has 0 bridgehead atoms. The summed E-state index contributed by atoms with van der Waals surface area (Å²) >= 11 is 0. The largest absolute Gasteiger partial charge is 0.464 e. The van der Waals surface area contributed by atoms with Crippen LogP contribution >= 0.6 is 0 Å². The van der Waals surface area contributed by atoms with E-state index in [0.717, 1.165) is 0 Å². The Kier molecular flexibility index (Phi) is 4.69. The number of sulfonamides is 1. The van der Waals surface area contributed by atoms with Crippen molar-refractivity contribution in [1.29, 1.82) is 0 Å². The predicted octanol–water partition coefficient (Wildman–Crippen LogP) is 1.96. The lowest BCUT2D eigenvalue weighted by Crippen LogP contribution is -2.15. The fraction of sp³-hybridized carbons (Fsp3) is 0.231. The SMILES string of the molecule is CCOc1ncc(NS(=O)(=O)Cc2cccc(F)c2)cn1. The highest BCUT2D eigenvalue weighted by Crippen LogP contribution is 2.13. The number of nitrogens with one attached hydrogen (secondary N) is 1. The van der Waals surface area contributed by atoms with Gasteiger partial charge in [-0.05, 0) is 24.6 Å². The van der Waals surface area contributed by atoms with Gasteiger partial charge in [0, 0.05) is 0 Å². The first kappa shape index (κ1) is 15.2. The maximum absolute atomic E-state index is 13.0. The number of hydrogen-bond acceptors (Lipinski definition) is 5. The Balaban J connectivity index is 2.06. The predicted molar refractivity (Wildman–Crippen MR) is 75.8 cm³/mol. The molecule has 0 spiro atoms. The summed E-state index contributed by atoms with van der Waals surface area (Å²) in [5.74, 6) is -0.815. The zero-order valence-corrected chi connectivity index (χ0v) is 12.1. The van der Waals surface area contributed by atoms with E-state index in [-0.39, 0.29) is 17.5 Å². The van der Waals surface area contributed by atoms with Crippen LogP contribution in [0.3, 0.4) is 0 Å². The van der Waals surface area contributed by atoms with Crippen molar-refractivity contribution in [3.63, 3.8) is 0 Å². The van der Waals surface area contributed by atoms with E-state index in [0.29, 0.717) is 12.2 Å². The van der Waals surface area contributed by atoms with Crippen molar-refractivity contribution in [2.75, 3.05) is 11.3 Å². The first-order valence-electron chi connectivity index (χ1n) is 6.18. The third kappa shape index (κ3) is 4.67. The molecule has 112 valence electrons. The van der Waals surface area contributed by atoms with Crippen molar-refractivity contribution in [3.8, 4) is 6.01 Å². The van der Waals surface area contributed by atoms with Gasteiger partial charge in [-0.15, -0.1) is 0 Å². The number of benzene rings is 1. The van der Waals surface area contributed by atoms with Crippen molar-refractivity contribution in [2.45, 2.75) is 12.7 Å². The average molecular weight is 311 g/mol. The van der Waals surface area contributed by atoms with Gasteiger partial charge in [0.05, 0.1) is 30.4 Å². The first-order valence-corrected chi connectivity index (χ1v) is 7.83. The normalized spacial score (nSPS) is 11.1. The summed E-state index contributed by atoms with van der Waals surface area (Å²) in [6, 6.07) is 5.60. The molecule has 1 heterocycles. The van der Waals surface area contributed by atoms with Crippen molar-refractivity contribution >= 4 is 15.7 Å². The monoisotopic (exact) mass is 311 g/mol. The maximum atomic E-state index is 13.0. The van der Waals surface area contributed by atoms with Crippen LogP contribution in [-0.2, 0) is 15.8 Å². The summed E-state index contributed by atoms with van der Waals surface area (Å²) in [5, 5.41) is 0. The van der Waals surface area contributed by atoms with Gasteiger partial charge in [-0.1, -0.05) is 12.1 Å². The molecule has 0 aliphatic rings. The minimum atomic E-state index is -3.67. The van der Waals surface area contributed by atoms with Crippen LogP contribution in [0.4, 0.5) is 10.1 Å². The summed E-state index contributed by atoms with van der Waals surface area (Å²) < 4.78 is 44.4. The van der Waals surface area contributed by atoms with Crippen LogP contribution < -0.4 is 9.46 Å². The molecule has 0 unspecified atom stereocenters. The Morgan fingerprint density at radius 3 is 2.62 bits per heavy atom. The number of nitrogens with zero attached hydrogens (tertiary/aromatic N) is 2. The van der Waals surface area contributed by atoms with E-state index in [4.69, 9.17) is 4.74 Å². The molecule has 0 radical (unpaired) electrons. The Bertz CT molecular complexity index is 705. The molecule has 0 amide bonds. The van der Waals surface area contributed by atoms with Crippen LogP contribution in [0.1, 0.15) is 12.5 Å². The van der Waals surface area contributed by atoms with E-state index in [1.165, 1.54) is 36.7 Å². The van der Waals surface area contributed by atoms with Crippen LogP contribution in [0.25, 0.3) is 0 Å². The molecular formula is C13H14FN3O3S. The van der Waals surface area contributed by atoms with E-state index in [9.17, 15) is 12.8 Å². The molecule has 2 aromatic rings. The molecule has 8 heteroatoms. The van der Waals surface area contributed by atoms with Crippen LogP contribution in [0, 0.1) is 5.82 Å². The number of halogens is 1. The summed E-state index contributed by atoms with van der Waals surface area (Å²) in [5.41, 5.74) is 0.573. The smallest absolute Gasteiger partial charge is 0.316 e. The van der Waals surface area contributed by atoms with Crippen LogP contribution in [0.2, 0.25) is 0 Å². The average Bonchev–Trinajstić information content (AvgIpc) is 2.40. The summed E-state index contributed by atoms with van der Waals surface area (Å²) in [7, 11) is -3.67. The van der Waals surface area contributed by atoms with Gasteiger partial charge in [-0.25, -0.2) is 22.8 Å². The minimum Gasteiger partial charge on any atom is -0.464 e. The molecule has 0 atom stereocenters. The third-order valence-electron chi connectivity index (χ3n) is 2.42. The second-order valence-electron chi connectivity index (χ2n) is 4.18. The molecule has 6 nitrogen and oxygen atoms in total. The van der Waals surface area contributed by atoms with E-state index in [2.05, 4.69) is 14.7 Å². The van der Waals surface area contributed by atoms with Crippen molar-refractivity contribution in [3.05, 3.63) is 48.0 Å². The van der Waals surface area contributed by atoms with Gasteiger partial charge >= 0.3 is 6.01 Å². The van der Waals surface area contributed by atoms with E-state index < -0.39 is 15.8 Å². The van der Waals surface area contributed by atoms with E-state index in [1.807, 2.05) is 0 Å². The Hall–Kier alpha value is -2.22. The molecule has 0 saturated carbocycles. The zero-order valence-electron chi connectivity index (χ0n) is 11.3. The quantitative estimate of drug-likeness (QED) is 0.882. The fourth-order valence-electron chi connectivity index (χ4n) is 1.63. The molecule has 1 N–H and O–H groups in total. The Morgan fingerprint density at radius 1 is 1.29 bits per heavy atom. The molecule has 1 aromatic carbocycles. The molecule has 0 fully saturated rings. The zero-order chi connectivity index (χ0) is 15.3. The van der Waals surface area contributed by atoms with E-state index in [1.54, 1.807) is 6.92 Å². The van der Waals surface area contributed by atoms with Gasteiger partial charge in [-0.3, -0.25) is 4.72 Å². The van der Waals surface area contributed by atoms with Crippen molar-refractivity contribution in [1.82, 2.24) is 9.97 Å². The molecule has 2 rings (SSSR count). The molecular weight excluding hydrogens is 297 g/mol. The van der Waals surface area contributed by atoms with Gasteiger partial charge in [0.15, 0.2) is 0 Å². The maximum Gasteiger partial charge on any atom is 0.316 e. The topological polar surface area (TPSA) is 81.2 Å². The third-order valence-corrected chi connectivity index (χ3v) is 3.68. The van der Waals surface area contributed by atoms with Crippen LogP contribution in [0.5, 0.6) is 6.01 Å². The van der Waals surface area contributed by atoms with Crippen molar-refractivity contribution < 1.29 is 17.5 Å². The second kappa shape index (κ2) is 6.49. The fourth-order valence-corrected chi connectivity index (χ4v) is 2.79. The summed E-state index contributed by atoms with van der Waals surface area (Å²) in [6.45, 7) is 2.21. The van der Waals surface area contributed by atoms with Gasteiger partial charge in [0.1, 0.15) is 5.82 Å². The highest BCUT2D eigenvalue weighted by molar-refractivity contribution is 7.91. The number of aromatic nitrogens is 2.